The van der Waals surface area contributed by atoms with E-state index >= 15 is 0 Å². The van der Waals surface area contributed by atoms with Gasteiger partial charge < -0.3 is 9.88 Å². The number of benzene rings is 1. The number of fused-ring (bicyclic) bond motifs is 2. The number of H-pyrrole nitrogens is 1. The van der Waals surface area contributed by atoms with Gasteiger partial charge in [0.05, 0.1) is 29.4 Å². The largest absolute Gasteiger partial charge is 0.340 e. The van der Waals surface area contributed by atoms with Crippen molar-refractivity contribution in [2.45, 2.75) is 32.2 Å². The molecule has 136 valence electrons. The van der Waals surface area contributed by atoms with Crippen LogP contribution >= 0.6 is 0 Å². The van der Waals surface area contributed by atoms with E-state index in [2.05, 4.69) is 9.97 Å². The quantitative estimate of drug-likeness (QED) is 0.847. The van der Waals surface area contributed by atoms with Gasteiger partial charge in [-0.3, -0.25) is 19.3 Å². The van der Waals surface area contributed by atoms with Crippen LogP contribution in [-0.4, -0.2) is 51.1 Å². The van der Waals surface area contributed by atoms with E-state index in [1.165, 1.54) is 4.90 Å². The van der Waals surface area contributed by atoms with E-state index in [-0.39, 0.29) is 36.1 Å². The first-order valence-corrected chi connectivity index (χ1v) is 9.07. The Labute approximate surface area is 151 Å². The molecule has 1 saturated heterocycles. The molecule has 1 aromatic heterocycles. The predicted octanol–water partition coefficient (Wildman–Crippen LogP) is 1.70. The Morgan fingerprint density at radius 2 is 1.85 bits per heavy atom. The molecule has 0 bridgehead atoms. The van der Waals surface area contributed by atoms with E-state index in [0.29, 0.717) is 12.4 Å². The molecule has 1 N–H and O–H groups in total. The van der Waals surface area contributed by atoms with Gasteiger partial charge in [-0.05, 0) is 25.0 Å². The van der Waals surface area contributed by atoms with Crippen LogP contribution in [0.4, 0.5) is 0 Å². The molecule has 26 heavy (non-hydrogen) atoms. The van der Waals surface area contributed by atoms with Crippen LogP contribution in [0.2, 0.25) is 0 Å². The number of nitrogens with zero attached hydrogens (tertiary/aromatic N) is 3. The topological polar surface area (TPSA) is 86.4 Å². The molecule has 1 aliphatic carbocycles. The number of nitrogens with one attached hydrogen (secondary N) is 1. The number of hydrogen-bond donors (Lipinski definition) is 1. The number of aromatic nitrogens is 2. The summed E-state index contributed by atoms with van der Waals surface area (Å²) < 4.78 is 0. The number of imide groups is 1. The average molecular weight is 354 g/mol. The lowest BCUT2D eigenvalue weighted by Gasteiger charge is -2.20. The van der Waals surface area contributed by atoms with Gasteiger partial charge >= 0.3 is 0 Å². The van der Waals surface area contributed by atoms with Crippen LogP contribution in [0.3, 0.4) is 0 Å². The van der Waals surface area contributed by atoms with E-state index in [1.807, 2.05) is 24.3 Å². The van der Waals surface area contributed by atoms with Gasteiger partial charge in [0.2, 0.25) is 17.7 Å². The van der Waals surface area contributed by atoms with Gasteiger partial charge in [0.1, 0.15) is 12.4 Å². The first-order chi connectivity index (χ1) is 12.5. The Hall–Kier alpha value is -2.70. The van der Waals surface area contributed by atoms with Gasteiger partial charge in [0, 0.05) is 7.05 Å². The minimum Gasteiger partial charge on any atom is -0.340 e. The highest BCUT2D eigenvalue weighted by Crippen LogP contribution is 2.37. The summed E-state index contributed by atoms with van der Waals surface area (Å²) in [5, 5.41) is 0. The summed E-state index contributed by atoms with van der Waals surface area (Å²) in [5.41, 5.74) is 1.76. The molecule has 1 aliphatic heterocycles. The number of para-hydroxylation sites is 2. The molecule has 2 atom stereocenters. The monoisotopic (exact) mass is 354 g/mol. The Morgan fingerprint density at radius 3 is 2.50 bits per heavy atom. The Balaban J connectivity index is 1.42. The molecule has 0 spiro atoms. The molecular weight excluding hydrogens is 332 g/mol. The summed E-state index contributed by atoms with van der Waals surface area (Å²) in [6.07, 6.45) is 3.48. The second-order valence-corrected chi connectivity index (χ2v) is 7.21. The van der Waals surface area contributed by atoms with Crippen LogP contribution in [0.15, 0.2) is 24.3 Å². The fraction of sp³-hybridized carbons (Fsp3) is 0.474. The average Bonchev–Trinajstić information content (AvgIpc) is 3.16. The third-order valence-corrected chi connectivity index (χ3v) is 5.48. The Kier molecular flexibility index (Phi) is 4.22. The minimum atomic E-state index is -0.259. The zero-order valence-corrected chi connectivity index (χ0v) is 14.8. The van der Waals surface area contributed by atoms with E-state index < -0.39 is 0 Å². The highest BCUT2D eigenvalue weighted by atomic mass is 16.2. The molecule has 2 aromatic rings. The molecule has 2 unspecified atom stereocenters. The van der Waals surface area contributed by atoms with Crippen LogP contribution in [-0.2, 0) is 20.9 Å². The zero-order valence-electron chi connectivity index (χ0n) is 14.8. The molecule has 2 fully saturated rings. The maximum Gasteiger partial charge on any atom is 0.242 e. The van der Waals surface area contributed by atoms with Crippen molar-refractivity contribution < 1.29 is 14.4 Å². The second kappa shape index (κ2) is 6.55. The summed E-state index contributed by atoms with van der Waals surface area (Å²) >= 11 is 0. The van der Waals surface area contributed by atoms with E-state index in [9.17, 15) is 14.4 Å². The molecule has 1 aromatic carbocycles. The van der Waals surface area contributed by atoms with Crippen molar-refractivity contribution in [3.8, 4) is 0 Å². The van der Waals surface area contributed by atoms with Crippen molar-refractivity contribution in [2.24, 2.45) is 11.8 Å². The van der Waals surface area contributed by atoms with Crippen molar-refractivity contribution >= 4 is 28.8 Å². The molecule has 4 rings (SSSR count). The number of likely N-dealkylation sites (tertiary alicyclic amines) is 1. The first kappa shape index (κ1) is 16.8. The van der Waals surface area contributed by atoms with Crippen molar-refractivity contribution in [2.75, 3.05) is 13.6 Å². The smallest absolute Gasteiger partial charge is 0.242 e. The second-order valence-electron chi connectivity index (χ2n) is 7.21. The molecule has 7 nitrogen and oxygen atoms in total. The molecule has 2 heterocycles. The summed E-state index contributed by atoms with van der Waals surface area (Å²) in [4.78, 5) is 47.9. The summed E-state index contributed by atoms with van der Waals surface area (Å²) in [6, 6.07) is 7.66. The van der Waals surface area contributed by atoms with Gasteiger partial charge in [-0.2, -0.15) is 0 Å². The van der Waals surface area contributed by atoms with Crippen LogP contribution in [0.1, 0.15) is 31.5 Å². The Morgan fingerprint density at radius 1 is 1.19 bits per heavy atom. The SMILES string of the molecule is CN(Cc1nc2ccccc2[nH]1)C(=O)CN1C(=O)C2CCCCC2C1=O. The van der Waals surface area contributed by atoms with Crippen molar-refractivity contribution in [3.63, 3.8) is 0 Å². The standard InChI is InChI=1S/C19H22N4O3/c1-22(10-16-20-14-8-4-5-9-15(14)21-16)17(24)11-23-18(25)12-6-2-3-7-13(12)19(23)26/h4-5,8-9,12-13H,2-3,6-7,10-11H2,1H3,(H,20,21). The molecule has 0 radical (unpaired) electrons. The maximum absolute atomic E-state index is 12.6. The van der Waals surface area contributed by atoms with Crippen molar-refractivity contribution in [1.82, 2.24) is 19.8 Å². The number of hydrogen-bond acceptors (Lipinski definition) is 4. The maximum atomic E-state index is 12.6. The summed E-state index contributed by atoms with van der Waals surface area (Å²) in [6.45, 7) is 0.123. The summed E-state index contributed by atoms with van der Waals surface area (Å²) in [5.74, 6) is -0.370. The predicted molar refractivity (Wildman–Crippen MR) is 94.7 cm³/mol. The van der Waals surface area contributed by atoms with Crippen LogP contribution in [0, 0.1) is 11.8 Å². The van der Waals surface area contributed by atoms with E-state index in [0.717, 1.165) is 41.6 Å². The number of amides is 3. The molecule has 3 amide bonds. The van der Waals surface area contributed by atoms with Crippen LogP contribution in [0.5, 0.6) is 0 Å². The third-order valence-electron chi connectivity index (χ3n) is 5.48. The number of aromatic amines is 1. The molecule has 1 saturated carbocycles. The van der Waals surface area contributed by atoms with Gasteiger partial charge in [-0.1, -0.05) is 25.0 Å². The van der Waals surface area contributed by atoms with Gasteiger partial charge in [-0.15, -0.1) is 0 Å². The molecular formula is C19H22N4O3. The van der Waals surface area contributed by atoms with Crippen molar-refractivity contribution in [3.05, 3.63) is 30.1 Å². The van der Waals surface area contributed by atoms with Crippen LogP contribution < -0.4 is 0 Å². The van der Waals surface area contributed by atoms with Gasteiger partial charge in [0.15, 0.2) is 0 Å². The highest BCUT2D eigenvalue weighted by molar-refractivity contribution is 6.07. The minimum absolute atomic E-state index is 0.176. The lowest BCUT2D eigenvalue weighted by Crippen LogP contribution is -2.41. The molecule has 7 heteroatoms. The van der Waals surface area contributed by atoms with Gasteiger partial charge in [-0.25, -0.2) is 4.98 Å². The van der Waals surface area contributed by atoms with E-state index in [4.69, 9.17) is 0 Å². The number of carbonyl (C=O) groups excluding carboxylic acids is 3. The van der Waals surface area contributed by atoms with Crippen molar-refractivity contribution in [1.29, 1.82) is 0 Å². The molecule has 2 aliphatic rings. The third kappa shape index (κ3) is 2.87. The number of rotatable bonds is 4. The highest BCUT2D eigenvalue weighted by Gasteiger charge is 2.48. The number of carbonyl (C=O) groups is 3. The zero-order chi connectivity index (χ0) is 18.3. The summed E-state index contributed by atoms with van der Waals surface area (Å²) in [7, 11) is 1.66. The van der Waals surface area contributed by atoms with Crippen LogP contribution in [0.25, 0.3) is 11.0 Å². The fourth-order valence-electron chi connectivity index (χ4n) is 4.04. The number of imidazole rings is 1. The normalized spacial score (nSPS) is 22.7. The lowest BCUT2D eigenvalue weighted by molar-refractivity contribution is -0.146. The fourth-order valence-corrected chi connectivity index (χ4v) is 4.04. The first-order valence-electron chi connectivity index (χ1n) is 9.07. The lowest BCUT2D eigenvalue weighted by atomic mass is 9.81. The Bertz CT molecular complexity index is 818. The number of likely N-dealkylation sites (N-methyl/N-ethyl adjacent to an activating group) is 1. The van der Waals surface area contributed by atoms with E-state index in [1.54, 1.807) is 7.05 Å². The van der Waals surface area contributed by atoms with Gasteiger partial charge in [0.25, 0.3) is 0 Å².